The van der Waals surface area contributed by atoms with Crippen LogP contribution in [0.3, 0.4) is 0 Å². The number of hydrogen-bond acceptors (Lipinski definition) is 4. The molecule has 0 bridgehead atoms. The van der Waals surface area contributed by atoms with Crippen molar-refractivity contribution in [1.29, 1.82) is 10.5 Å². The van der Waals surface area contributed by atoms with Crippen molar-refractivity contribution < 1.29 is 0 Å². The number of rotatable bonds is 6. The molecule has 0 spiro atoms. The van der Waals surface area contributed by atoms with Crippen LogP contribution in [0.5, 0.6) is 0 Å². The Morgan fingerprint density at radius 2 is 1.67 bits per heavy atom. The van der Waals surface area contributed by atoms with E-state index in [1.807, 2.05) is 66.3 Å². The predicted octanol–water partition coefficient (Wildman–Crippen LogP) is 6.21. The zero-order chi connectivity index (χ0) is 25.1. The highest BCUT2D eigenvalue weighted by Crippen LogP contribution is 2.35. The van der Waals surface area contributed by atoms with Crippen molar-refractivity contribution >= 4 is 10.8 Å². The Hall–Kier alpha value is -4.71. The molecule has 0 aliphatic heterocycles. The number of nitrogens with zero attached hydrogens (tertiary/aromatic N) is 5. The molecule has 5 nitrogen and oxygen atoms in total. The summed E-state index contributed by atoms with van der Waals surface area (Å²) in [7, 11) is 4.06. The van der Waals surface area contributed by atoms with E-state index >= 15 is 0 Å². The minimum atomic E-state index is -0.109. The number of nitriles is 2. The molecule has 4 aromatic carbocycles. The van der Waals surface area contributed by atoms with E-state index < -0.39 is 0 Å². The highest BCUT2D eigenvalue weighted by atomic mass is 15.2. The van der Waals surface area contributed by atoms with E-state index in [0.29, 0.717) is 17.7 Å². The van der Waals surface area contributed by atoms with E-state index in [0.717, 1.165) is 38.7 Å². The summed E-state index contributed by atoms with van der Waals surface area (Å²) < 4.78 is 2.02. The summed E-state index contributed by atoms with van der Waals surface area (Å²) in [6.45, 7) is 0.675. The van der Waals surface area contributed by atoms with Crippen LogP contribution in [0.15, 0.2) is 97.5 Å². The molecule has 1 unspecified atom stereocenters. The Morgan fingerprint density at radius 3 is 2.39 bits per heavy atom. The second-order valence-corrected chi connectivity index (χ2v) is 9.00. The molecule has 0 radical (unpaired) electrons. The standard InChI is InChI=1S/C31H25N5/c1-35(20-23-12-10-22(17-32)11-13-23)31(30-19-34-21-36(30)2)25-14-15-28(26(16-25)18-33)29-9-5-7-24-6-3-4-8-27(24)29/h3-16,19,21,31H,20H2,1-2H3. The average molecular weight is 468 g/mol. The zero-order valence-corrected chi connectivity index (χ0v) is 20.3. The van der Waals surface area contributed by atoms with Gasteiger partial charge in [0, 0.05) is 19.2 Å². The van der Waals surface area contributed by atoms with Crippen LogP contribution in [0, 0.1) is 22.7 Å². The van der Waals surface area contributed by atoms with Crippen LogP contribution in [0.25, 0.3) is 21.9 Å². The van der Waals surface area contributed by atoms with Gasteiger partial charge in [0.05, 0.1) is 47.5 Å². The molecule has 36 heavy (non-hydrogen) atoms. The minimum Gasteiger partial charge on any atom is -0.336 e. The van der Waals surface area contributed by atoms with Gasteiger partial charge in [0.15, 0.2) is 0 Å². The second kappa shape index (κ2) is 9.88. The van der Waals surface area contributed by atoms with Gasteiger partial charge in [0.1, 0.15) is 0 Å². The van der Waals surface area contributed by atoms with Crippen molar-refractivity contribution in [3.8, 4) is 23.3 Å². The maximum Gasteiger partial charge on any atom is 0.0998 e. The van der Waals surface area contributed by atoms with Crippen LogP contribution in [-0.2, 0) is 13.6 Å². The first-order valence-corrected chi connectivity index (χ1v) is 11.8. The van der Waals surface area contributed by atoms with Crippen molar-refractivity contribution in [3.63, 3.8) is 0 Å². The molecule has 0 amide bonds. The van der Waals surface area contributed by atoms with Gasteiger partial charge in [-0.25, -0.2) is 4.98 Å². The lowest BCUT2D eigenvalue weighted by Crippen LogP contribution is -2.27. The zero-order valence-electron chi connectivity index (χ0n) is 20.3. The van der Waals surface area contributed by atoms with Crippen LogP contribution in [0.2, 0.25) is 0 Å². The number of hydrogen-bond donors (Lipinski definition) is 0. The molecular formula is C31H25N5. The van der Waals surface area contributed by atoms with Crippen molar-refractivity contribution in [2.45, 2.75) is 12.6 Å². The van der Waals surface area contributed by atoms with Gasteiger partial charge in [-0.2, -0.15) is 10.5 Å². The molecule has 1 atom stereocenters. The van der Waals surface area contributed by atoms with Gasteiger partial charge in [-0.3, -0.25) is 4.90 Å². The first kappa shape index (κ1) is 23.1. The molecule has 5 rings (SSSR count). The number of aromatic nitrogens is 2. The average Bonchev–Trinajstić information content (AvgIpc) is 3.34. The van der Waals surface area contributed by atoms with Crippen molar-refractivity contribution in [2.24, 2.45) is 7.05 Å². The maximum atomic E-state index is 10.2. The van der Waals surface area contributed by atoms with Crippen LogP contribution in [-0.4, -0.2) is 21.5 Å². The highest BCUT2D eigenvalue weighted by molar-refractivity contribution is 5.97. The predicted molar refractivity (Wildman–Crippen MR) is 142 cm³/mol. The number of fused-ring (bicyclic) bond motifs is 1. The lowest BCUT2D eigenvalue weighted by molar-refractivity contribution is 0.262. The molecule has 0 fully saturated rings. The second-order valence-electron chi connectivity index (χ2n) is 9.00. The molecule has 0 saturated heterocycles. The molecule has 0 saturated carbocycles. The number of aryl methyl sites for hydroxylation is 1. The molecule has 0 aliphatic rings. The van der Waals surface area contributed by atoms with Crippen LogP contribution < -0.4 is 0 Å². The van der Waals surface area contributed by atoms with Gasteiger partial charge in [-0.1, -0.05) is 66.7 Å². The van der Waals surface area contributed by atoms with Gasteiger partial charge in [0.25, 0.3) is 0 Å². The Morgan fingerprint density at radius 1 is 0.889 bits per heavy atom. The third kappa shape index (κ3) is 4.36. The Kier molecular flexibility index (Phi) is 6.33. The monoisotopic (exact) mass is 467 g/mol. The molecule has 5 aromatic rings. The lowest BCUT2D eigenvalue weighted by Gasteiger charge is -2.29. The molecule has 0 aliphatic carbocycles. The quantitative estimate of drug-likeness (QED) is 0.298. The lowest BCUT2D eigenvalue weighted by atomic mass is 9.91. The van der Waals surface area contributed by atoms with Gasteiger partial charge < -0.3 is 4.57 Å². The highest BCUT2D eigenvalue weighted by Gasteiger charge is 2.24. The first-order valence-electron chi connectivity index (χ1n) is 11.8. The summed E-state index contributed by atoms with van der Waals surface area (Å²) in [6, 6.07) is 32.8. The molecule has 1 aromatic heterocycles. The van der Waals surface area contributed by atoms with Gasteiger partial charge in [-0.15, -0.1) is 0 Å². The largest absolute Gasteiger partial charge is 0.336 e. The maximum absolute atomic E-state index is 10.2. The Labute approximate surface area is 211 Å². The van der Waals surface area contributed by atoms with Gasteiger partial charge in [0.2, 0.25) is 0 Å². The van der Waals surface area contributed by atoms with Crippen molar-refractivity contribution in [2.75, 3.05) is 7.05 Å². The van der Waals surface area contributed by atoms with E-state index in [1.165, 1.54) is 0 Å². The summed E-state index contributed by atoms with van der Waals surface area (Å²) >= 11 is 0. The van der Waals surface area contributed by atoms with E-state index in [4.69, 9.17) is 5.26 Å². The normalized spacial score (nSPS) is 11.8. The molecule has 5 heteroatoms. The van der Waals surface area contributed by atoms with E-state index in [9.17, 15) is 5.26 Å². The number of benzene rings is 4. The smallest absolute Gasteiger partial charge is 0.0998 e. The van der Waals surface area contributed by atoms with Crippen LogP contribution in [0.4, 0.5) is 0 Å². The third-order valence-corrected chi connectivity index (χ3v) is 6.65. The van der Waals surface area contributed by atoms with E-state index in [1.54, 1.807) is 6.33 Å². The Balaban J connectivity index is 1.57. The fourth-order valence-corrected chi connectivity index (χ4v) is 4.87. The SMILES string of the molecule is CN(Cc1ccc(C#N)cc1)C(c1ccc(-c2cccc3ccccc23)c(C#N)c1)c1cncn1C. The minimum absolute atomic E-state index is 0.109. The fourth-order valence-electron chi connectivity index (χ4n) is 4.87. The van der Waals surface area contributed by atoms with Crippen molar-refractivity contribution in [1.82, 2.24) is 14.5 Å². The fraction of sp³-hybridized carbons (Fsp3) is 0.129. The molecule has 0 N–H and O–H groups in total. The molecule has 174 valence electrons. The summed E-state index contributed by atoms with van der Waals surface area (Å²) in [6.07, 6.45) is 3.68. The topological polar surface area (TPSA) is 68.6 Å². The number of imidazole rings is 1. The molecule has 1 heterocycles. The Bertz CT molecular complexity index is 1610. The van der Waals surface area contributed by atoms with Crippen molar-refractivity contribution in [3.05, 3.63) is 125 Å². The van der Waals surface area contributed by atoms with Crippen LogP contribution >= 0.6 is 0 Å². The van der Waals surface area contributed by atoms with E-state index in [-0.39, 0.29) is 6.04 Å². The first-order chi connectivity index (χ1) is 17.6. The summed E-state index contributed by atoms with van der Waals surface area (Å²) in [5, 5.41) is 21.6. The summed E-state index contributed by atoms with van der Waals surface area (Å²) in [4.78, 5) is 6.60. The summed E-state index contributed by atoms with van der Waals surface area (Å²) in [5.41, 5.74) is 6.44. The summed E-state index contributed by atoms with van der Waals surface area (Å²) in [5.74, 6) is 0. The van der Waals surface area contributed by atoms with Crippen LogP contribution in [0.1, 0.15) is 34.0 Å². The van der Waals surface area contributed by atoms with E-state index in [2.05, 4.69) is 65.5 Å². The third-order valence-electron chi connectivity index (χ3n) is 6.65. The van der Waals surface area contributed by atoms with Gasteiger partial charge in [-0.05, 0) is 52.7 Å². The van der Waals surface area contributed by atoms with Gasteiger partial charge >= 0.3 is 0 Å². The molecular weight excluding hydrogens is 442 g/mol.